The van der Waals surface area contributed by atoms with Gasteiger partial charge in [0.1, 0.15) is 11.4 Å². The van der Waals surface area contributed by atoms with Gasteiger partial charge in [0.15, 0.2) is 0 Å². The molecule has 0 unspecified atom stereocenters. The highest BCUT2D eigenvalue weighted by atomic mass is 16.5. The minimum Gasteiger partial charge on any atom is -0.496 e. The number of para-hydroxylation sites is 1. The molecule has 0 saturated heterocycles. The van der Waals surface area contributed by atoms with E-state index in [0.717, 1.165) is 16.9 Å². The number of anilines is 1. The number of aromatic nitrogens is 3. The van der Waals surface area contributed by atoms with E-state index in [1.54, 1.807) is 37.7 Å². The van der Waals surface area contributed by atoms with Crippen LogP contribution in [0.25, 0.3) is 16.9 Å². The van der Waals surface area contributed by atoms with Crippen LogP contribution in [0.4, 0.5) is 5.69 Å². The highest BCUT2D eigenvalue weighted by Crippen LogP contribution is 2.21. The Kier molecular flexibility index (Phi) is 4.07. The van der Waals surface area contributed by atoms with Crippen LogP contribution in [-0.4, -0.2) is 27.4 Å². The molecule has 0 bridgehead atoms. The van der Waals surface area contributed by atoms with Crippen LogP contribution in [0.1, 0.15) is 10.4 Å². The van der Waals surface area contributed by atoms with Gasteiger partial charge in [-0.1, -0.05) is 12.1 Å². The summed E-state index contributed by atoms with van der Waals surface area (Å²) in [4.78, 5) is 21.2. The quantitative estimate of drug-likeness (QED) is 0.613. The van der Waals surface area contributed by atoms with Crippen molar-refractivity contribution in [2.75, 3.05) is 12.4 Å². The number of ether oxygens (including phenoxy) is 1. The molecule has 1 N–H and O–H groups in total. The number of benzene rings is 1. The van der Waals surface area contributed by atoms with Gasteiger partial charge in [-0.25, -0.2) is 4.98 Å². The number of rotatable bonds is 4. The lowest BCUT2D eigenvalue weighted by Crippen LogP contribution is -2.13. The van der Waals surface area contributed by atoms with Crippen molar-refractivity contribution in [3.05, 3.63) is 78.9 Å². The molecule has 0 radical (unpaired) electrons. The second-order valence-corrected chi connectivity index (χ2v) is 5.71. The molecule has 0 aliphatic carbocycles. The Bertz CT molecular complexity index is 1070. The Morgan fingerprint density at radius 1 is 1.08 bits per heavy atom. The van der Waals surface area contributed by atoms with Gasteiger partial charge < -0.3 is 14.5 Å². The fourth-order valence-electron chi connectivity index (χ4n) is 2.75. The number of imidazole rings is 1. The zero-order valence-corrected chi connectivity index (χ0v) is 14.1. The van der Waals surface area contributed by atoms with E-state index >= 15 is 0 Å². The van der Waals surface area contributed by atoms with Gasteiger partial charge in [0.25, 0.3) is 5.91 Å². The molecule has 3 heterocycles. The van der Waals surface area contributed by atoms with E-state index in [-0.39, 0.29) is 5.91 Å². The van der Waals surface area contributed by atoms with Crippen molar-refractivity contribution in [1.29, 1.82) is 0 Å². The largest absolute Gasteiger partial charge is 0.496 e. The summed E-state index contributed by atoms with van der Waals surface area (Å²) in [5.41, 5.74) is 3.71. The smallest absolute Gasteiger partial charge is 0.259 e. The maximum atomic E-state index is 12.5. The molecule has 0 atom stereocenters. The van der Waals surface area contributed by atoms with Crippen LogP contribution in [0.2, 0.25) is 0 Å². The minimum atomic E-state index is -0.227. The van der Waals surface area contributed by atoms with Crippen LogP contribution >= 0.6 is 0 Å². The van der Waals surface area contributed by atoms with E-state index in [1.165, 1.54) is 0 Å². The number of pyridine rings is 2. The summed E-state index contributed by atoms with van der Waals surface area (Å²) in [6.07, 6.45) is 7.23. The van der Waals surface area contributed by atoms with Crippen LogP contribution in [0.5, 0.6) is 5.75 Å². The number of nitrogens with zero attached hydrogens (tertiary/aromatic N) is 3. The Morgan fingerprint density at radius 2 is 1.96 bits per heavy atom. The molecule has 26 heavy (non-hydrogen) atoms. The lowest BCUT2D eigenvalue weighted by molar-refractivity contribution is 0.102. The van der Waals surface area contributed by atoms with E-state index in [2.05, 4.69) is 15.3 Å². The second-order valence-electron chi connectivity index (χ2n) is 5.71. The van der Waals surface area contributed by atoms with Crippen LogP contribution < -0.4 is 10.1 Å². The van der Waals surface area contributed by atoms with Crippen LogP contribution in [0.3, 0.4) is 0 Å². The maximum Gasteiger partial charge on any atom is 0.259 e. The molecule has 0 fully saturated rings. The summed E-state index contributed by atoms with van der Waals surface area (Å²) >= 11 is 0. The molecule has 6 nitrogen and oxygen atoms in total. The van der Waals surface area contributed by atoms with Crippen molar-refractivity contribution >= 4 is 17.2 Å². The highest BCUT2D eigenvalue weighted by Gasteiger charge is 2.12. The molecule has 0 aliphatic heterocycles. The van der Waals surface area contributed by atoms with Gasteiger partial charge in [-0.05, 0) is 36.4 Å². The average molecular weight is 344 g/mol. The standard InChI is InChI=1S/C20H16N4O2/c1-26-18-7-3-2-6-16(18)20(25)22-15-8-9-19-23-17(13-24(19)12-15)14-5-4-10-21-11-14/h2-13H,1H3,(H,22,25). The first kappa shape index (κ1) is 15.8. The number of amides is 1. The fourth-order valence-corrected chi connectivity index (χ4v) is 2.75. The predicted molar refractivity (Wildman–Crippen MR) is 99.4 cm³/mol. The van der Waals surface area contributed by atoms with Gasteiger partial charge in [-0.2, -0.15) is 0 Å². The van der Waals surface area contributed by atoms with E-state index in [0.29, 0.717) is 17.0 Å². The first-order valence-corrected chi connectivity index (χ1v) is 8.08. The predicted octanol–water partition coefficient (Wildman–Crippen LogP) is 3.66. The topological polar surface area (TPSA) is 68.5 Å². The zero-order chi connectivity index (χ0) is 17.9. The lowest BCUT2D eigenvalue weighted by Gasteiger charge is -2.09. The van der Waals surface area contributed by atoms with Crippen molar-refractivity contribution in [3.8, 4) is 17.0 Å². The fraction of sp³-hybridized carbons (Fsp3) is 0.0500. The monoisotopic (exact) mass is 344 g/mol. The maximum absolute atomic E-state index is 12.5. The number of nitrogens with one attached hydrogen (secondary N) is 1. The van der Waals surface area contributed by atoms with E-state index in [9.17, 15) is 4.79 Å². The zero-order valence-electron chi connectivity index (χ0n) is 14.1. The molecule has 0 saturated carbocycles. The summed E-state index contributed by atoms with van der Waals surface area (Å²) in [7, 11) is 1.55. The highest BCUT2D eigenvalue weighted by molar-refractivity contribution is 6.06. The van der Waals surface area contributed by atoms with Gasteiger partial charge in [0, 0.05) is 30.4 Å². The average Bonchev–Trinajstić information content (AvgIpc) is 3.12. The van der Waals surface area contributed by atoms with Gasteiger partial charge in [0.2, 0.25) is 0 Å². The number of methoxy groups -OCH3 is 1. The number of carbonyl (C=O) groups excluding carboxylic acids is 1. The number of fused-ring (bicyclic) bond motifs is 1. The summed E-state index contributed by atoms with van der Waals surface area (Å²) in [6.45, 7) is 0. The molecular formula is C20H16N4O2. The van der Waals surface area contributed by atoms with Crippen molar-refractivity contribution in [2.45, 2.75) is 0 Å². The molecule has 3 aromatic heterocycles. The Morgan fingerprint density at radius 3 is 2.77 bits per heavy atom. The number of hydrogen-bond donors (Lipinski definition) is 1. The molecular weight excluding hydrogens is 328 g/mol. The van der Waals surface area contributed by atoms with Crippen molar-refractivity contribution < 1.29 is 9.53 Å². The van der Waals surface area contributed by atoms with Crippen LogP contribution in [-0.2, 0) is 0 Å². The third-order valence-electron chi connectivity index (χ3n) is 4.02. The van der Waals surface area contributed by atoms with Crippen molar-refractivity contribution in [1.82, 2.24) is 14.4 Å². The summed E-state index contributed by atoms with van der Waals surface area (Å²) in [6, 6.07) is 14.6. The third-order valence-corrected chi connectivity index (χ3v) is 4.02. The SMILES string of the molecule is COc1ccccc1C(=O)Nc1ccc2nc(-c3cccnc3)cn2c1. The van der Waals surface area contributed by atoms with Gasteiger partial charge >= 0.3 is 0 Å². The molecule has 128 valence electrons. The Labute approximate surface area is 150 Å². The summed E-state index contributed by atoms with van der Waals surface area (Å²) < 4.78 is 7.12. The second kappa shape index (κ2) is 6.68. The Balaban J connectivity index is 1.62. The van der Waals surface area contributed by atoms with Crippen molar-refractivity contribution in [2.24, 2.45) is 0 Å². The third kappa shape index (κ3) is 3.00. The minimum absolute atomic E-state index is 0.227. The first-order chi connectivity index (χ1) is 12.7. The molecule has 4 rings (SSSR count). The molecule has 1 amide bonds. The van der Waals surface area contributed by atoms with E-state index in [4.69, 9.17) is 4.74 Å². The molecule has 1 aromatic carbocycles. The van der Waals surface area contributed by atoms with Gasteiger partial charge in [-0.3, -0.25) is 9.78 Å². The van der Waals surface area contributed by atoms with Crippen LogP contribution in [0, 0.1) is 0 Å². The number of carbonyl (C=O) groups is 1. The lowest BCUT2D eigenvalue weighted by atomic mass is 10.2. The molecule has 0 spiro atoms. The van der Waals surface area contributed by atoms with E-state index in [1.807, 2.05) is 47.1 Å². The molecule has 6 heteroatoms. The Hall–Kier alpha value is -3.67. The normalized spacial score (nSPS) is 10.7. The van der Waals surface area contributed by atoms with Gasteiger partial charge in [0.05, 0.1) is 24.1 Å². The summed E-state index contributed by atoms with van der Waals surface area (Å²) in [5.74, 6) is 0.307. The molecule has 4 aromatic rings. The van der Waals surface area contributed by atoms with Crippen molar-refractivity contribution in [3.63, 3.8) is 0 Å². The first-order valence-electron chi connectivity index (χ1n) is 8.08. The van der Waals surface area contributed by atoms with Crippen LogP contribution in [0.15, 0.2) is 73.3 Å². The molecule has 0 aliphatic rings. The number of hydrogen-bond acceptors (Lipinski definition) is 4. The summed E-state index contributed by atoms with van der Waals surface area (Å²) in [5, 5.41) is 2.89. The van der Waals surface area contributed by atoms with Gasteiger partial charge in [-0.15, -0.1) is 0 Å². The van der Waals surface area contributed by atoms with E-state index < -0.39 is 0 Å².